The lowest BCUT2D eigenvalue weighted by Gasteiger charge is -2.36. The van der Waals surface area contributed by atoms with Gasteiger partial charge in [-0.05, 0) is 68.7 Å². The van der Waals surface area contributed by atoms with Crippen LogP contribution in [-0.4, -0.2) is 52.3 Å². The minimum atomic E-state index is -0.143. The summed E-state index contributed by atoms with van der Waals surface area (Å²) in [5, 5.41) is 4.62. The van der Waals surface area contributed by atoms with E-state index in [1.807, 2.05) is 49.2 Å². The number of amides is 2. The van der Waals surface area contributed by atoms with E-state index in [-0.39, 0.29) is 23.9 Å². The molecule has 0 bridgehead atoms. The zero-order chi connectivity index (χ0) is 24.5. The maximum atomic E-state index is 13.4. The maximum absolute atomic E-state index is 13.4. The molecule has 1 aliphatic heterocycles. The van der Waals surface area contributed by atoms with Crippen molar-refractivity contribution in [2.24, 2.45) is 0 Å². The number of hydrogen-bond donors (Lipinski definition) is 1. The molecule has 2 aliphatic carbocycles. The highest BCUT2D eigenvalue weighted by atomic mass is 35.5. The second-order valence-electron chi connectivity index (χ2n) is 9.48. The van der Waals surface area contributed by atoms with Crippen LogP contribution < -0.4 is 10.2 Å². The molecule has 1 aromatic carbocycles. The van der Waals surface area contributed by atoms with Gasteiger partial charge < -0.3 is 15.1 Å². The predicted molar refractivity (Wildman–Crippen MR) is 139 cm³/mol. The van der Waals surface area contributed by atoms with Gasteiger partial charge in [-0.3, -0.25) is 9.59 Å². The summed E-state index contributed by atoms with van der Waals surface area (Å²) in [6.45, 7) is 3.63. The summed E-state index contributed by atoms with van der Waals surface area (Å²) in [4.78, 5) is 34.9. The van der Waals surface area contributed by atoms with Crippen LogP contribution in [0.25, 0.3) is 0 Å². The van der Waals surface area contributed by atoms with E-state index in [0.29, 0.717) is 16.2 Å². The third kappa shape index (κ3) is 5.00. The molecule has 1 N–H and O–H groups in total. The lowest BCUT2D eigenvalue weighted by Crippen LogP contribution is -2.45. The number of nitrogens with one attached hydrogen (secondary N) is 1. The van der Waals surface area contributed by atoms with Crippen molar-refractivity contribution < 1.29 is 9.59 Å². The Morgan fingerprint density at radius 3 is 2.66 bits per heavy atom. The Morgan fingerprint density at radius 2 is 1.94 bits per heavy atom. The first-order valence-electron chi connectivity index (χ1n) is 12.2. The van der Waals surface area contributed by atoms with Crippen LogP contribution in [-0.2, 0) is 11.2 Å². The predicted octanol–water partition coefficient (Wildman–Crippen LogP) is 4.53. The number of anilines is 1. The number of carbonyl (C=O) groups excluding carboxylic acids is 2. The number of aryl methyl sites for hydroxylation is 2. The molecule has 9 heteroatoms. The van der Waals surface area contributed by atoms with Crippen LogP contribution in [0.3, 0.4) is 0 Å². The summed E-state index contributed by atoms with van der Waals surface area (Å²) >= 11 is 7.69. The van der Waals surface area contributed by atoms with Gasteiger partial charge in [-0.2, -0.15) is 4.37 Å². The van der Waals surface area contributed by atoms with Crippen molar-refractivity contribution in [2.45, 2.75) is 57.5 Å². The molecule has 2 aromatic rings. The quantitative estimate of drug-likeness (QED) is 0.638. The van der Waals surface area contributed by atoms with E-state index in [0.717, 1.165) is 68.1 Å². The van der Waals surface area contributed by atoms with E-state index >= 15 is 0 Å². The van der Waals surface area contributed by atoms with Gasteiger partial charge in [0, 0.05) is 48.3 Å². The van der Waals surface area contributed by atoms with Crippen LogP contribution in [0, 0.1) is 6.92 Å². The molecule has 2 amide bonds. The topological polar surface area (TPSA) is 78.4 Å². The van der Waals surface area contributed by atoms with Crippen LogP contribution in [0.1, 0.15) is 65.5 Å². The first-order valence-corrected chi connectivity index (χ1v) is 13.4. The smallest absolute Gasteiger partial charge is 0.253 e. The highest BCUT2D eigenvalue weighted by Crippen LogP contribution is 2.34. The lowest BCUT2D eigenvalue weighted by molar-refractivity contribution is -0.118. The Balaban J connectivity index is 1.24. The summed E-state index contributed by atoms with van der Waals surface area (Å²) in [5.74, 6) is 0.687. The second kappa shape index (κ2) is 10.1. The molecule has 1 atom stereocenters. The van der Waals surface area contributed by atoms with Crippen molar-refractivity contribution in [3.8, 4) is 0 Å². The van der Waals surface area contributed by atoms with Gasteiger partial charge >= 0.3 is 0 Å². The second-order valence-corrected chi connectivity index (χ2v) is 10.6. The summed E-state index contributed by atoms with van der Waals surface area (Å²) in [7, 11) is 1.90. The zero-order valence-corrected chi connectivity index (χ0v) is 21.7. The van der Waals surface area contributed by atoms with Crippen molar-refractivity contribution in [1.82, 2.24) is 19.6 Å². The number of piperidine rings is 1. The van der Waals surface area contributed by atoms with Gasteiger partial charge in [0.25, 0.3) is 11.8 Å². The third-order valence-electron chi connectivity index (χ3n) is 7.24. The van der Waals surface area contributed by atoms with E-state index in [1.165, 1.54) is 17.1 Å². The minimum Gasteiger partial charge on any atom is -0.347 e. The largest absolute Gasteiger partial charge is 0.347 e. The molecule has 184 valence electrons. The lowest BCUT2D eigenvalue weighted by atomic mass is 10.00. The molecule has 1 aromatic heterocycles. The SMILES string of the molecule is Cc1nsc(N2CCC(N(C)C(=O)c3ccc4c(c3)C(NC(=O)C3=CCCC=C3Cl)CC4)CC2)n1. The number of benzene rings is 1. The van der Waals surface area contributed by atoms with Crippen molar-refractivity contribution in [2.75, 3.05) is 25.0 Å². The summed E-state index contributed by atoms with van der Waals surface area (Å²) in [6.07, 6.45) is 8.99. The molecule has 5 rings (SSSR count). The van der Waals surface area contributed by atoms with E-state index in [2.05, 4.69) is 19.6 Å². The first-order chi connectivity index (χ1) is 16.9. The van der Waals surface area contributed by atoms with E-state index in [1.54, 1.807) is 0 Å². The number of rotatable bonds is 5. The number of carbonyl (C=O) groups is 2. The number of hydrogen-bond acceptors (Lipinski definition) is 6. The van der Waals surface area contributed by atoms with Gasteiger partial charge in [0.1, 0.15) is 5.82 Å². The van der Waals surface area contributed by atoms with Gasteiger partial charge in [-0.25, -0.2) is 4.98 Å². The number of aromatic nitrogens is 2. The van der Waals surface area contributed by atoms with Crippen molar-refractivity contribution in [1.29, 1.82) is 0 Å². The third-order valence-corrected chi connectivity index (χ3v) is 8.46. The maximum Gasteiger partial charge on any atom is 0.253 e. The molecule has 1 unspecified atom stereocenters. The Hall–Kier alpha value is -2.71. The Kier molecular flexibility index (Phi) is 6.93. The van der Waals surface area contributed by atoms with Crippen molar-refractivity contribution in [3.63, 3.8) is 0 Å². The van der Waals surface area contributed by atoms with Crippen molar-refractivity contribution >= 4 is 40.1 Å². The number of allylic oxidation sites excluding steroid dienone is 2. The average Bonchev–Trinajstić information content (AvgIpc) is 3.49. The van der Waals surface area contributed by atoms with Crippen molar-refractivity contribution in [3.05, 3.63) is 63.5 Å². The summed E-state index contributed by atoms with van der Waals surface area (Å²) < 4.78 is 4.28. The fraction of sp³-hybridized carbons (Fsp3) is 0.462. The summed E-state index contributed by atoms with van der Waals surface area (Å²) in [6, 6.07) is 6.00. The standard InChI is InChI=1S/C26H30ClN5O2S/c1-16-28-26(35-30-16)32-13-11-19(12-14-32)31(2)25(34)18-8-7-17-9-10-23(21(17)15-18)29-24(33)20-5-3-4-6-22(20)27/h5-8,15,19,23H,3-4,9-14H2,1-2H3,(H,29,33). The highest BCUT2D eigenvalue weighted by molar-refractivity contribution is 7.09. The molecule has 7 nitrogen and oxygen atoms in total. The van der Waals surface area contributed by atoms with Crippen LogP contribution in [0.5, 0.6) is 0 Å². The molecular weight excluding hydrogens is 482 g/mol. The Bertz CT molecular complexity index is 1200. The summed E-state index contributed by atoms with van der Waals surface area (Å²) in [5.41, 5.74) is 3.45. The highest BCUT2D eigenvalue weighted by Gasteiger charge is 2.30. The monoisotopic (exact) mass is 511 g/mol. The number of fused-ring (bicyclic) bond motifs is 1. The molecule has 0 spiro atoms. The van der Waals surface area contributed by atoms with E-state index in [4.69, 9.17) is 11.6 Å². The molecule has 1 saturated heterocycles. The minimum absolute atomic E-state index is 0.0240. The fourth-order valence-corrected chi connectivity index (χ4v) is 6.19. The first kappa shape index (κ1) is 24.0. The molecule has 3 aliphatic rings. The molecule has 0 saturated carbocycles. The number of nitrogens with zero attached hydrogens (tertiary/aromatic N) is 4. The molecule has 2 heterocycles. The Morgan fingerprint density at radius 1 is 1.17 bits per heavy atom. The van der Waals surface area contributed by atoms with Crippen LogP contribution in [0.15, 0.2) is 41.0 Å². The van der Waals surface area contributed by atoms with Crippen LogP contribution in [0.2, 0.25) is 0 Å². The van der Waals surface area contributed by atoms with Crippen LogP contribution in [0.4, 0.5) is 5.13 Å². The fourth-order valence-electron chi connectivity index (χ4n) is 5.20. The van der Waals surface area contributed by atoms with E-state index in [9.17, 15) is 9.59 Å². The molecule has 1 fully saturated rings. The van der Waals surface area contributed by atoms with Gasteiger partial charge in [0.05, 0.1) is 11.6 Å². The zero-order valence-electron chi connectivity index (χ0n) is 20.1. The van der Waals surface area contributed by atoms with Gasteiger partial charge in [0.15, 0.2) is 0 Å². The van der Waals surface area contributed by atoms with Crippen LogP contribution >= 0.6 is 23.1 Å². The Labute approximate surface area is 215 Å². The average molecular weight is 512 g/mol. The normalized spacial score (nSPS) is 20.2. The number of halogens is 1. The van der Waals surface area contributed by atoms with Gasteiger partial charge in [0.2, 0.25) is 5.13 Å². The van der Waals surface area contributed by atoms with E-state index < -0.39 is 0 Å². The molecular formula is C26H30ClN5O2S. The van der Waals surface area contributed by atoms with Gasteiger partial charge in [-0.1, -0.05) is 29.8 Å². The molecule has 35 heavy (non-hydrogen) atoms. The molecule has 0 radical (unpaired) electrons. The van der Waals surface area contributed by atoms with Gasteiger partial charge in [-0.15, -0.1) is 0 Å².